The Labute approximate surface area is 68.8 Å². The molecular weight excluding hydrogens is 164 g/mol. The summed E-state index contributed by atoms with van der Waals surface area (Å²) in [7, 11) is 1.90. The molecule has 0 atom stereocenters. The zero-order chi connectivity index (χ0) is 8.10. The highest BCUT2D eigenvalue weighted by Gasteiger charge is 2.03. The maximum absolute atomic E-state index is 8.54. The van der Waals surface area contributed by atoms with Crippen LogP contribution in [0.25, 0.3) is 0 Å². The van der Waals surface area contributed by atoms with Gasteiger partial charge in [0, 0.05) is 31.7 Å². The molecule has 62 valence electrons. The maximum atomic E-state index is 8.54. The van der Waals surface area contributed by atoms with Crippen LogP contribution in [0.1, 0.15) is 6.42 Å². The summed E-state index contributed by atoms with van der Waals surface area (Å²) in [5.41, 5.74) is 0. The van der Waals surface area contributed by atoms with Gasteiger partial charge in [0.05, 0.1) is 0 Å². The number of aromatic nitrogens is 3. The quantitative estimate of drug-likeness (QED) is 0.682. The summed E-state index contributed by atoms with van der Waals surface area (Å²) in [6.07, 6.45) is 0.746. The predicted molar refractivity (Wildman–Crippen MR) is 42.7 cm³/mol. The van der Waals surface area contributed by atoms with Crippen molar-refractivity contribution in [1.82, 2.24) is 14.8 Å². The number of hydrogen-bond donors (Lipinski definition) is 1. The van der Waals surface area contributed by atoms with Gasteiger partial charge >= 0.3 is 0 Å². The second-order valence-electron chi connectivity index (χ2n) is 2.14. The van der Waals surface area contributed by atoms with E-state index in [9.17, 15) is 0 Å². The van der Waals surface area contributed by atoms with Crippen molar-refractivity contribution in [3.05, 3.63) is 0 Å². The van der Waals surface area contributed by atoms with Gasteiger partial charge in [-0.2, -0.15) is 0 Å². The van der Waals surface area contributed by atoms with E-state index in [4.69, 9.17) is 5.11 Å². The molecule has 0 radical (unpaired) electrons. The highest BCUT2D eigenvalue weighted by Crippen LogP contribution is 2.10. The SMILES string of the molecule is CN(CCCO)c1nnns1. The second kappa shape index (κ2) is 4.20. The molecule has 0 aliphatic rings. The Morgan fingerprint density at radius 3 is 3.00 bits per heavy atom. The van der Waals surface area contributed by atoms with Crippen LogP contribution in [0.3, 0.4) is 0 Å². The van der Waals surface area contributed by atoms with Crippen molar-refractivity contribution in [2.45, 2.75) is 6.42 Å². The van der Waals surface area contributed by atoms with Crippen LogP contribution in [0, 0.1) is 0 Å². The van der Waals surface area contributed by atoms with Crippen LogP contribution in [0.4, 0.5) is 5.13 Å². The first-order valence-corrected chi connectivity index (χ1v) is 4.09. The van der Waals surface area contributed by atoms with E-state index in [0.29, 0.717) is 0 Å². The molecular formula is C5H10N4OS. The third-order valence-electron chi connectivity index (χ3n) is 1.27. The van der Waals surface area contributed by atoms with Gasteiger partial charge in [-0.15, -0.1) is 0 Å². The Morgan fingerprint density at radius 1 is 1.64 bits per heavy atom. The number of aliphatic hydroxyl groups is 1. The molecule has 1 aromatic heterocycles. The largest absolute Gasteiger partial charge is 0.396 e. The monoisotopic (exact) mass is 174 g/mol. The van der Waals surface area contributed by atoms with Gasteiger partial charge in [-0.05, 0) is 11.6 Å². The zero-order valence-electron chi connectivity index (χ0n) is 6.27. The molecule has 0 saturated heterocycles. The number of anilines is 1. The second-order valence-corrected chi connectivity index (χ2v) is 2.85. The third-order valence-corrected chi connectivity index (χ3v) is 1.98. The van der Waals surface area contributed by atoms with E-state index < -0.39 is 0 Å². The Kier molecular flexibility index (Phi) is 3.18. The van der Waals surface area contributed by atoms with Gasteiger partial charge in [-0.1, -0.05) is 9.59 Å². The molecule has 1 N–H and O–H groups in total. The Hall–Kier alpha value is -0.750. The van der Waals surface area contributed by atoms with Crippen LogP contribution >= 0.6 is 11.5 Å². The van der Waals surface area contributed by atoms with E-state index in [1.165, 1.54) is 11.5 Å². The fourth-order valence-electron chi connectivity index (χ4n) is 0.679. The van der Waals surface area contributed by atoms with Crippen LogP contribution in [-0.4, -0.2) is 40.1 Å². The standard InChI is InChI=1S/C5H10N4OS/c1-9(3-2-4-10)5-6-7-8-11-5/h10H,2-4H2,1H3. The first-order chi connectivity index (χ1) is 5.34. The van der Waals surface area contributed by atoms with Crippen molar-refractivity contribution < 1.29 is 5.11 Å². The van der Waals surface area contributed by atoms with Crippen LogP contribution in [0.2, 0.25) is 0 Å². The van der Waals surface area contributed by atoms with Gasteiger partial charge in [0.15, 0.2) is 0 Å². The lowest BCUT2D eigenvalue weighted by atomic mass is 10.4. The molecule has 1 heterocycles. The summed E-state index contributed by atoms with van der Waals surface area (Å²) >= 11 is 1.25. The van der Waals surface area contributed by atoms with E-state index in [1.807, 2.05) is 11.9 Å². The van der Waals surface area contributed by atoms with E-state index in [2.05, 4.69) is 14.8 Å². The molecule has 0 fully saturated rings. The minimum atomic E-state index is 0.205. The van der Waals surface area contributed by atoms with Crippen LogP contribution in [0.5, 0.6) is 0 Å². The Morgan fingerprint density at radius 2 is 2.45 bits per heavy atom. The average Bonchev–Trinajstić information content (AvgIpc) is 2.52. The van der Waals surface area contributed by atoms with Crippen molar-refractivity contribution in [3.63, 3.8) is 0 Å². The van der Waals surface area contributed by atoms with Crippen LogP contribution in [0.15, 0.2) is 0 Å². The number of aliphatic hydroxyl groups excluding tert-OH is 1. The molecule has 1 aromatic rings. The molecule has 0 aromatic carbocycles. The first kappa shape index (κ1) is 8.35. The van der Waals surface area contributed by atoms with Gasteiger partial charge in [-0.25, -0.2) is 0 Å². The van der Waals surface area contributed by atoms with Crippen LogP contribution < -0.4 is 4.90 Å². The molecule has 0 aliphatic carbocycles. The Bertz CT molecular complexity index is 190. The first-order valence-electron chi connectivity index (χ1n) is 3.31. The highest BCUT2D eigenvalue weighted by atomic mass is 32.1. The van der Waals surface area contributed by atoms with Crippen molar-refractivity contribution in [1.29, 1.82) is 0 Å². The lowest BCUT2D eigenvalue weighted by molar-refractivity contribution is 0.290. The number of rotatable bonds is 4. The van der Waals surface area contributed by atoms with Crippen LogP contribution in [-0.2, 0) is 0 Å². The minimum absolute atomic E-state index is 0.205. The van der Waals surface area contributed by atoms with E-state index in [-0.39, 0.29) is 6.61 Å². The lowest BCUT2D eigenvalue weighted by Gasteiger charge is -2.12. The van der Waals surface area contributed by atoms with Gasteiger partial charge in [0.2, 0.25) is 5.13 Å². The summed E-state index contributed by atoms with van der Waals surface area (Å²) in [5.74, 6) is 0. The molecule has 0 spiro atoms. The molecule has 0 unspecified atom stereocenters. The van der Waals surface area contributed by atoms with Gasteiger partial charge < -0.3 is 10.0 Å². The summed E-state index contributed by atoms with van der Waals surface area (Å²) in [6, 6.07) is 0. The Balaban J connectivity index is 2.36. The van der Waals surface area contributed by atoms with E-state index in [0.717, 1.165) is 18.1 Å². The molecule has 11 heavy (non-hydrogen) atoms. The van der Waals surface area contributed by atoms with Gasteiger partial charge in [-0.3, -0.25) is 0 Å². The van der Waals surface area contributed by atoms with E-state index >= 15 is 0 Å². The predicted octanol–water partition coefficient (Wildman–Crippen LogP) is -0.248. The van der Waals surface area contributed by atoms with Crippen molar-refractivity contribution >= 4 is 16.7 Å². The highest BCUT2D eigenvalue weighted by molar-refractivity contribution is 7.09. The smallest absolute Gasteiger partial charge is 0.227 e. The molecule has 0 bridgehead atoms. The molecule has 0 aliphatic heterocycles. The normalized spacial score (nSPS) is 10.0. The fourth-order valence-corrected chi connectivity index (χ4v) is 1.13. The summed E-state index contributed by atoms with van der Waals surface area (Å²) in [4.78, 5) is 1.92. The summed E-state index contributed by atoms with van der Waals surface area (Å²) in [6.45, 7) is 0.990. The van der Waals surface area contributed by atoms with E-state index in [1.54, 1.807) is 0 Å². The average molecular weight is 174 g/mol. The molecule has 5 nitrogen and oxygen atoms in total. The molecule has 1 rings (SSSR count). The number of hydrogen-bond acceptors (Lipinski definition) is 6. The maximum Gasteiger partial charge on any atom is 0.227 e. The minimum Gasteiger partial charge on any atom is -0.396 e. The molecule has 0 amide bonds. The van der Waals surface area contributed by atoms with Gasteiger partial charge in [0.25, 0.3) is 0 Å². The zero-order valence-corrected chi connectivity index (χ0v) is 7.08. The lowest BCUT2D eigenvalue weighted by Crippen LogP contribution is -2.19. The summed E-state index contributed by atoms with van der Waals surface area (Å²) in [5, 5.41) is 16.6. The van der Waals surface area contributed by atoms with Gasteiger partial charge in [0.1, 0.15) is 0 Å². The molecule has 6 heteroatoms. The number of nitrogens with zero attached hydrogens (tertiary/aromatic N) is 4. The third kappa shape index (κ3) is 2.39. The summed E-state index contributed by atoms with van der Waals surface area (Å²) < 4.78 is 3.63. The molecule has 0 saturated carbocycles. The fraction of sp³-hybridized carbons (Fsp3) is 0.800. The van der Waals surface area contributed by atoms with Crippen molar-refractivity contribution in [2.24, 2.45) is 0 Å². The van der Waals surface area contributed by atoms with Crippen molar-refractivity contribution in [2.75, 3.05) is 25.1 Å². The topological polar surface area (TPSA) is 62.1 Å². The van der Waals surface area contributed by atoms with Crippen molar-refractivity contribution in [3.8, 4) is 0 Å².